The minimum atomic E-state index is -0.810. The molecule has 6 atom stereocenters. The Balaban J connectivity index is 0.774. The van der Waals surface area contributed by atoms with Gasteiger partial charge in [0.05, 0.1) is 36.1 Å². The van der Waals surface area contributed by atoms with E-state index < -0.39 is 12.2 Å². The van der Waals surface area contributed by atoms with Crippen LogP contribution in [-0.2, 0) is 9.59 Å². The van der Waals surface area contributed by atoms with Gasteiger partial charge in [-0.15, -0.1) is 0 Å². The quantitative estimate of drug-likeness (QED) is 0.0657. The lowest BCUT2D eigenvalue weighted by molar-refractivity contribution is -0.131. The summed E-state index contributed by atoms with van der Waals surface area (Å²) in [5, 5.41) is 21.8. The van der Waals surface area contributed by atoms with Gasteiger partial charge < -0.3 is 29.3 Å². The van der Waals surface area contributed by atoms with Crippen molar-refractivity contribution in [1.29, 1.82) is 0 Å². The molecule has 2 fully saturated rings. The molecule has 8 aromatic rings. The smallest absolute Gasteiger partial charge is 0.526 e. The zero-order chi connectivity index (χ0) is 48.8. The monoisotopic (exact) mass is 943 g/mol. The zero-order valence-corrected chi connectivity index (χ0v) is 38.7. The second kappa shape index (κ2) is 21.0. The number of carbonyl (C=O) groups excluding carboxylic acids is 2. The predicted octanol–water partition coefficient (Wildman–Crippen LogP) is 12.7. The number of carbonyl (C=O) groups is 2. The molecule has 6 unspecified atom stereocenters. The molecule has 0 saturated carbocycles. The van der Waals surface area contributed by atoms with Crippen LogP contribution in [0, 0.1) is 23.5 Å². The molecule has 0 bridgehead atoms. The summed E-state index contributed by atoms with van der Waals surface area (Å²) in [5.41, 5.74) is 8.64. The highest BCUT2D eigenvalue weighted by Gasteiger charge is 2.49. The summed E-state index contributed by atoms with van der Waals surface area (Å²) >= 11 is 0. The van der Waals surface area contributed by atoms with E-state index in [1.807, 2.05) is 168 Å². The Morgan fingerprint density at radius 2 is 0.831 bits per heavy atom. The van der Waals surface area contributed by atoms with Crippen molar-refractivity contribution >= 4 is 30.9 Å². The summed E-state index contributed by atoms with van der Waals surface area (Å²) in [6, 6.07) is 62.2. The van der Waals surface area contributed by atoms with Gasteiger partial charge in [-0.1, -0.05) is 133 Å². The molecule has 8 aromatic carbocycles. The first-order valence-electron chi connectivity index (χ1n) is 23.9. The number of aliphatic hydroxyl groups excluding tert-OH is 2. The molecule has 11 heteroatoms. The molecule has 71 heavy (non-hydrogen) atoms. The van der Waals surface area contributed by atoms with Crippen molar-refractivity contribution < 1.29 is 37.9 Å². The Labute approximate surface area is 412 Å². The van der Waals surface area contributed by atoms with Crippen LogP contribution in [0.15, 0.2) is 206 Å². The van der Waals surface area contributed by atoms with E-state index >= 15 is 0 Å². The summed E-state index contributed by atoms with van der Waals surface area (Å²) in [4.78, 5) is 30.9. The van der Waals surface area contributed by atoms with Gasteiger partial charge in [0.15, 0.2) is 0 Å². The normalized spacial score (nSPS) is 18.3. The van der Waals surface area contributed by atoms with Crippen molar-refractivity contribution in [2.24, 2.45) is 11.8 Å². The van der Waals surface area contributed by atoms with E-state index in [0.717, 1.165) is 44.8 Å². The molecule has 2 aliphatic heterocycles. The highest BCUT2D eigenvalue weighted by molar-refractivity contribution is 6.20. The Hall–Kier alpha value is -7.86. The van der Waals surface area contributed by atoms with Gasteiger partial charge in [0, 0.05) is 11.4 Å². The van der Waals surface area contributed by atoms with Crippen LogP contribution >= 0.6 is 0 Å². The van der Waals surface area contributed by atoms with Crippen molar-refractivity contribution in [2.45, 2.75) is 50.0 Å². The largest absolute Gasteiger partial charge is 0.658 e. The number of β-lactam (4-membered cyclic amide) rings is 2. The number of benzene rings is 8. The van der Waals surface area contributed by atoms with Crippen LogP contribution in [0.25, 0.3) is 22.3 Å². The van der Waals surface area contributed by atoms with Gasteiger partial charge in [0.1, 0.15) is 23.1 Å². The Morgan fingerprint density at radius 3 is 1.21 bits per heavy atom. The van der Waals surface area contributed by atoms with Crippen LogP contribution in [0.5, 0.6) is 11.5 Å². The van der Waals surface area contributed by atoms with Crippen LogP contribution in [0.4, 0.5) is 20.2 Å². The maximum absolute atomic E-state index is 13.6. The second-order valence-electron chi connectivity index (χ2n) is 18.1. The highest BCUT2D eigenvalue weighted by atomic mass is 19.1. The molecule has 353 valence electrons. The molecule has 10 rings (SSSR count). The fourth-order valence-electron chi connectivity index (χ4n) is 9.93. The van der Waals surface area contributed by atoms with E-state index in [1.165, 1.54) is 32.0 Å². The number of amides is 2. The first kappa shape index (κ1) is 46.9. The van der Waals surface area contributed by atoms with E-state index in [9.17, 15) is 28.6 Å². The van der Waals surface area contributed by atoms with Crippen LogP contribution in [0.3, 0.4) is 0 Å². The third-order valence-corrected chi connectivity index (χ3v) is 13.7. The summed E-state index contributed by atoms with van der Waals surface area (Å²) < 4.78 is 39.0. The lowest BCUT2D eigenvalue weighted by Crippen LogP contribution is -2.55. The summed E-state index contributed by atoms with van der Waals surface area (Å²) in [7, 11) is 1.31. The molecule has 0 spiro atoms. The van der Waals surface area contributed by atoms with Crippen molar-refractivity contribution in [3.8, 4) is 33.8 Å². The van der Waals surface area contributed by atoms with Gasteiger partial charge in [-0.2, -0.15) is 0 Å². The first-order valence-corrected chi connectivity index (χ1v) is 23.9. The molecule has 2 aliphatic rings. The third-order valence-electron chi connectivity index (χ3n) is 13.7. The molecule has 0 aliphatic carbocycles. The highest BCUT2D eigenvalue weighted by Crippen LogP contribution is 2.48. The van der Waals surface area contributed by atoms with Crippen molar-refractivity contribution in [3.05, 3.63) is 240 Å². The molecular weight excluding hydrogens is 893 g/mol. The zero-order valence-electron chi connectivity index (χ0n) is 38.7. The number of rotatable bonds is 18. The van der Waals surface area contributed by atoms with Crippen LogP contribution in [-0.4, -0.2) is 29.7 Å². The lowest BCUT2D eigenvalue weighted by atomic mass is 9.78. The first-order chi connectivity index (χ1) is 34.7. The molecule has 8 nitrogen and oxygen atoms in total. The predicted molar refractivity (Wildman–Crippen MR) is 272 cm³/mol. The minimum absolute atomic E-state index is 0.00488. The van der Waals surface area contributed by atoms with Crippen molar-refractivity contribution in [1.82, 2.24) is 0 Å². The average Bonchev–Trinajstić information content (AvgIpc) is 3.40. The van der Waals surface area contributed by atoms with Crippen molar-refractivity contribution in [2.75, 3.05) is 9.80 Å². The summed E-state index contributed by atoms with van der Waals surface area (Å²) in [6.07, 6.45) is 0.0535. The Morgan fingerprint density at radius 1 is 0.451 bits per heavy atom. The summed E-state index contributed by atoms with van der Waals surface area (Å²) in [5.74, 6) is -0.210. The lowest BCUT2D eigenvalue weighted by Gasteiger charge is -2.48. The van der Waals surface area contributed by atoms with Crippen molar-refractivity contribution in [3.63, 3.8) is 0 Å². The topological polar surface area (TPSA) is 99.5 Å². The van der Waals surface area contributed by atoms with E-state index in [0.29, 0.717) is 48.3 Å². The van der Waals surface area contributed by atoms with Gasteiger partial charge in [-0.25, -0.2) is 8.78 Å². The van der Waals surface area contributed by atoms with Gasteiger partial charge in [-0.3, -0.25) is 9.59 Å². The third kappa shape index (κ3) is 10.2. The number of halogens is 2. The number of nitrogens with zero attached hydrogens (tertiary/aromatic N) is 2. The fraction of sp³-hybridized carbons (Fsp3) is 0.167. The number of anilines is 2. The van der Waals surface area contributed by atoms with Crippen LogP contribution in [0.2, 0.25) is 0 Å². The second-order valence-corrected chi connectivity index (χ2v) is 18.1. The van der Waals surface area contributed by atoms with E-state index in [1.54, 1.807) is 24.3 Å². The fourth-order valence-corrected chi connectivity index (χ4v) is 9.93. The molecule has 2 saturated heterocycles. The standard InChI is InChI=1S/C60H50BF2N2O6/c62-47-29-25-41(26-30-47)55(66)35-33-53-57(64(59(53)68)49-11-3-1-4-12-49)43-21-17-39(18-22-43)45-9-7-15-51(37-45)70-61-71-52-16-8-10-46(38-52)40-19-23-44(24-20-40)58-54(60(69)65(58)50-13-5-2-6-14-50)34-36-56(67)42-27-31-48(63)32-28-42/h1-32,37-38,53-58,66-67H,33-36H2. The maximum atomic E-state index is 13.6. The Bertz CT molecular complexity index is 2880. The SMILES string of the molecule is O=C1C(CCC(O)c2ccc(F)cc2)C(c2ccc(-c3cccc(O[B]Oc4cccc(-c5ccc(C6C(CCC(O)c7ccc(F)cc7)C(=O)N6c6ccccc6)cc5)c4)c3)cc2)N1c1ccccc1. The van der Waals surface area contributed by atoms with E-state index in [4.69, 9.17) is 9.31 Å². The van der Waals surface area contributed by atoms with Crippen LogP contribution < -0.4 is 19.1 Å². The molecule has 2 heterocycles. The minimum Gasteiger partial charge on any atom is -0.526 e. The van der Waals surface area contributed by atoms with E-state index in [-0.39, 0.29) is 47.4 Å². The summed E-state index contributed by atoms with van der Waals surface area (Å²) in [6.45, 7) is 0. The number of hydrogen-bond acceptors (Lipinski definition) is 6. The van der Waals surface area contributed by atoms with Gasteiger partial charge in [-0.05, 0) is 143 Å². The van der Waals surface area contributed by atoms with Gasteiger partial charge >= 0.3 is 7.69 Å². The molecule has 2 N–H and O–H groups in total. The van der Waals surface area contributed by atoms with E-state index in [2.05, 4.69) is 0 Å². The molecule has 1 radical (unpaired) electrons. The van der Waals surface area contributed by atoms with Crippen LogP contribution in [0.1, 0.15) is 72.2 Å². The number of aliphatic hydroxyl groups is 2. The number of para-hydroxylation sites is 2. The number of hydrogen-bond donors (Lipinski definition) is 2. The maximum Gasteiger partial charge on any atom is 0.658 e. The molecular formula is C60H50BF2N2O6. The van der Waals surface area contributed by atoms with Gasteiger partial charge in [0.2, 0.25) is 11.8 Å². The molecule has 0 aromatic heterocycles. The van der Waals surface area contributed by atoms with Gasteiger partial charge in [0.25, 0.3) is 0 Å². The average molecular weight is 944 g/mol. The molecule has 2 amide bonds. The Kier molecular flexibility index (Phi) is 13.9.